The van der Waals surface area contributed by atoms with Crippen LogP contribution in [0, 0.1) is 23.2 Å². The number of fused-ring (bicyclic) bond motifs is 2. The third-order valence-corrected chi connectivity index (χ3v) is 5.58. The Morgan fingerprint density at radius 1 is 1.23 bits per heavy atom. The first kappa shape index (κ1) is 10.0. The highest BCUT2D eigenvalue weighted by molar-refractivity contribution is 9.09. The molecule has 2 bridgehead atoms. The van der Waals surface area contributed by atoms with Crippen LogP contribution in [-0.4, -0.2) is 5.33 Å². The highest BCUT2D eigenvalue weighted by atomic mass is 79.9. The van der Waals surface area contributed by atoms with Crippen LogP contribution in [0.25, 0.3) is 0 Å². The van der Waals surface area contributed by atoms with Crippen LogP contribution in [0.4, 0.5) is 0 Å². The van der Waals surface area contributed by atoms with Crippen LogP contribution in [0.2, 0.25) is 0 Å². The molecule has 2 rings (SSSR count). The van der Waals surface area contributed by atoms with Crippen LogP contribution in [0.5, 0.6) is 0 Å². The van der Waals surface area contributed by atoms with Crippen molar-refractivity contribution in [1.29, 1.82) is 0 Å². The highest BCUT2D eigenvalue weighted by Gasteiger charge is 2.41. The lowest BCUT2D eigenvalue weighted by Crippen LogP contribution is -2.22. The number of halogens is 1. The summed E-state index contributed by atoms with van der Waals surface area (Å²) in [5.41, 5.74) is 0.523. The molecule has 13 heavy (non-hydrogen) atoms. The van der Waals surface area contributed by atoms with Crippen LogP contribution < -0.4 is 0 Å². The van der Waals surface area contributed by atoms with Gasteiger partial charge >= 0.3 is 0 Å². The van der Waals surface area contributed by atoms with Gasteiger partial charge in [-0.3, -0.25) is 0 Å². The maximum absolute atomic E-state index is 3.63. The van der Waals surface area contributed by atoms with Gasteiger partial charge in [0.25, 0.3) is 0 Å². The van der Waals surface area contributed by atoms with Crippen molar-refractivity contribution in [2.24, 2.45) is 23.2 Å². The lowest BCUT2D eigenvalue weighted by Gasteiger charge is -2.30. The summed E-state index contributed by atoms with van der Waals surface area (Å²) >= 11 is 3.63. The average molecular weight is 245 g/mol. The Bertz CT molecular complexity index is 186. The molecule has 1 heteroatoms. The topological polar surface area (TPSA) is 0 Å². The van der Waals surface area contributed by atoms with E-state index in [1.54, 1.807) is 12.8 Å². The summed E-state index contributed by atoms with van der Waals surface area (Å²) in [5, 5.41) is 1.16. The summed E-state index contributed by atoms with van der Waals surface area (Å²) in [6.07, 6.45) is 7.62. The molecule has 0 aromatic rings. The van der Waals surface area contributed by atoms with Gasteiger partial charge in [0.05, 0.1) is 0 Å². The highest BCUT2D eigenvalue weighted by Crippen LogP contribution is 2.51. The first-order valence-corrected chi connectivity index (χ1v) is 6.79. The van der Waals surface area contributed by atoms with Gasteiger partial charge in [0.1, 0.15) is 0 Å². The first-order chi connectivity index (χ1) is 6.11. The summed E-state index contributed by atoms with van der Waals surface area (Å²) in [7, 11) is 0. The van der Waals surface area contributed by atoms with Crippen molar-refractivity contribution in [3.05, 3.63) is 0 Å². The normalized spacial score (nSPS) is 38.5. The fourth-order valence-corrected chi connectivity index (χ4v) is 3.62. The molecule has 2 aliphatic carbocycles. The van der Waals surface area contributed by atoms with Gasteiger partial charge in [-0.25, -0.2) is 0 Å². The van der Waals surface area contributed by atoms with E-state index >= 15 is 0 Å². The SMILES string of the molecule is CC(C)(CBr)CC1CC2CCC1C2. The molecule has 0 spiro atoms. The number of alkyl halides is 1. The van der Waals surface area contributed by atoms with Gasteiger partial charge in [-0.15, -0.1) is 0 Å². The summed E-state index contributed by atoms with van der Waals surface area (Å²) in [4.78, 5) is 0. The monoisotopic (exact) mass is 244 g/mol. The van der Waals surface area contributed by atoms with Gasteiger partial charge in [-0.05, 0) is 48.9 Å². The van der Waals surface area contributed by atoms with Crippen molar-refractivity contribution in [2.45, 2.75) is 46.0 Å². The Morgan fingerprint density at radius 2 is 2.00 bits per heavy atom. The van der Waals surface area contributed by atoms with Crippen LogP contribution >= 0.6 is 15.9 Å². The quantitative estimate of drug-likeness (QED) is 0.652. The second kappa shape index (κ2) is 3.56. The Labute approximate surface area is 90.6 Å². The van der Waals surface area contributed by atoms with Crippen LogP contribution in [0.15, 0.2) is 0 Å². The maximum Gasteiger partial charge on any atom is 0.00827 e. The summed E-state index contributed by atoms with van der Waals surface area (Å²) < 4.78 is 0. The van der Waals surface area contributed by atoms with Crippen LogP contribution in [-0.2, 0) is 0 Å². The zero-order valence-electron chi connectivity index (χ0n) is 8.85. The first-order valence-electron chi connectivity index (χ1n) is 5.67. The molecule has 0 heterocycles. The van der Waals surface area contributed by atoms with Gasteiger partial charge in [-0.2, -0.15) is 0 Å². The third kappa shape index (κ3) is 2.11. The fraction of sp³-hybridized carbons (Fsp3) is 1.00. The molecular weight excluding hydrogens is 224 g/mol. The molecule has 76 valence electrons. The smallest absolute Gasteiger partial charge is 0.00827 e. The molecule has 2 aliphatic rings. The number of hydrogen-bond acceptors (Lipinski definition) is 0. The van der Waals surface area contributed by atoms with Gasteiger partial charge in [-0.1, -0.05) is 36.2 Å². The largest absolute Gasteiger partial charge is 0.0922 e. The number of rotatable bonds is 3. The maximum atomic E-state index is 3.63. The molecule has 0 amide bonds. The van der Waals surface area contributed by atoms with E-state index in [1.165, 1.54) is 19.3 Å². The van der Waals surface area contributed by atoms with Crippen molar-refractivity contribution < 1.29 is 0 Å². The Kier molecular flexibility index (Phi) is 2.75. The third-order valence-electron chi connectivity index (χ3n) is 4.06. The predicted molar refractivity (Wildman–Crippen MR) is 61.1 cm³/mol. The molecule has 0 aliphatic heterocycles. The number of hydrogen-bond donors (Lipinski definition) is 0. The Hall–Kier alpha value is 0.480. The fourth-order valence-electron chi connectivity index (χ4n) is 3.39. The molecular formula is C12H21Br. The van der Waals surface area contributed by atoms with E-state index < -0.39 is 0 Å². The molecule has 0 radical (unpaired) electrons. The van der Waals surface area contributed by atoms with Crippen molar-refractivity contribution in [3.63, 3.8) is 0 Å². The van der Waals surface area contributed by atoms with E-state index in [4.69, 9.17) is 0 Å². The van der Waals surface area contributed by atoms with E-state index in [1.807, 2.05) is 0 Å². The summed E-state index contributed by atoms with van der Waals surface area (Å²) in [6, 6.07) is 0. The molecule has 0 nitrogen and oxygen atoms in total. The van der Waals surface area contributed by atoms with Gasteiger partial charge in [0.15, 0.2) is 0 Å². The standard InChI is InChI=1S/C12H21Br/c1-12(2,8-13)7-11-6-9-3-4-10(11)5-9/h9-11H,3-8H2,1-2H3. The molecule has 0 aromatic heterocycles. The van der Waals surface area contributed by atoms with Gasteiger partial charge in [0.2, 0.25) is 0 Å². The minimum absolute atomic E-state index is 0.523. The van der Waals surface area contributed by atoms with E-state index in [0.717, 1.165) is 23.1 Å². The molecule has 2 fully saturated rings. The zero-order valence-corrected chi connectivity index (χ0v) is 10.4. The zero-order chi connectivity index (χ0) is 9.47. The molecule has 3 atom stereocenters. The Morgan fingerprint density at radius 3 is 2.46 bits per heavy atom. The van der Waals surface area contributed by atoms with Crippen molar-refractivity contribution in [1.82, 2.24) is 0 Å². The van der Waals surface area contributed by atoms with Gasteiger partial charge in [0, 0.05) is 5.33 Å². The predicted octanol–water partition coefficient (Wildman–Crippen LogP) is 4.23. The van der Waals surface area contributed by atoms with Crippen molar-refractivity contribution in [2.75, 3.05) is 5.33 Å². The molecule has 2 saturated carbocycles. The van der Waals surface area contributed by atoms with E-state index in [-0.39, 0.29) is 0 Å². The van der Waals surface area contributed by atoms with E-state index in [9.17, 15) is 0 Å². The van der Waals surface area contributed by atoms with Crippen molar-refractivity contribution in [3.8, 4) is 0 Å². The van der Waals surface area contributed by atoms with Gasteiger partial charge < -0.3 is 0 Å². The second-order valence-corrected chi connectivity index (χ2v) is 6.50. The second-order valence-electron chi connectivity index (χ2n) is 5.94. The van der Waals surface area contributed by atoms with Crippen molar-refractivity contribution >= 4 is 15.9 Å². The lowest BCUT2D eigenvalue weighted by molar-refractivity contribution is 0.228. The minimum atomic E-state index is 0.523. The van der Waals surface area contributed by atoms with E-state index in [2.05, 4.69) is 29.8 Å². The molecule has 3 unspecified atom stereocenters. The summed E-state index contributed by atoms with van der Waals surface area (Å²) in [6.45, 7) is 4.79. The average Bonchev–Trinajstić information content (AvgIpc) is 2.64. The Balaban J connectivity index is 1.89. The van der Waals surface area contributed by atoms with E-state index in [0.29, 0.717) is 5.41 Å². The van der Waals surface area contributed by atoms with Crippen LogP contribution in [0.1, 0.15) is 46.0 Å². The minimum Gasteiger partial charge on any atom is -0.0922 e. The van der Waals surface area contributed by atoms with Crippen LogP contribution in [0.3, 0.4) is 0 Å². The molecule has 0 saturated heterocycles. The molecule has 0 N–H and O–H groups in total. The lowest BCUT2D eigenvalue weighted by atomic mass is 9.77. The summed E-state index contributed by atoms with van der Waals surface area (Å²) in [5.74, 6) is 3.27. The molecule has 0 aromatic carbocycles.